The SMILES string of the molecule is CCC1CCN(c2ccc(C(C)O)cn2)C1. The van der Waals surface area contributed by atoms with Crippen LogP contribution in [0.5, 0.6) is 0 Å². The first-order valence-corrected chi connectivity index (χ1v) is 6.09. The number of hydrogen-bond acceptors (Lipinski definition) is 3. The molecule has 1 aliphatic rings. The normalized spacial score (nSPS) is 22.4. The summed E-state index contributed by atoms with van der Waals surface area (Å²) in [7, 11) is 0. The number of hydrogen-bond donors (Lipinski definition) is 1. The van der Waals surface area contributed by atoms with Crippen LogP contribution in [-0.4, -0.2) is 23.2 Å². The number of anilines is 1. The topological polar surface area (TPSA) is 36.4 Å². The Kier molecular flexibility index (Phi) is 3.44. The number of aromatic nitrogens is 1. The maximum atomic E-state index is 9.41. The maximum Gasteiger partial charge on any atom is 0.128 e. The van der Waals surface area contributed by atoms with Crippen molar-refractivity contribution in [1.82, 2.24) is 4.98 Å². The molecule has 88 valence electrons. The Bertz CT molecular complexity index is 334. The highest BCUT2D eigenvalue weighted by atomic mass is 16.3. The molecule has 1 N–H and O–H groups in total. The molecular weight excluding hydrogens is 200 g/mol. The van der Waals surface area contributed by atoms with Crippen molar-refractivity contribution in [2.45, 2.75) is 32.8 Å². The van der Waals surface area contributed by atoms with Gasteiger partial charge < -0.3 is 10.0 Å². The van der Waals surface area contributed by atoms with E-state index in [1.807, 2.05) is 12.1 Å². The van der Waals surface area contributed by atoms with E-state index in [0.29, 0.717) is 0 Å². The molecule has 0 saturated carbocycles. The smallest absolute Gasteiger partial charge is 0.128 e. The quantitative estimate of drug-likeness (QED) is 0.849. The van der Waals surface area contributed by atoms with E-state index in [1.54, 1.807) is 13.1 Å². The molecule has 1 aromatic heterocycles. The van der Waals surface area contributed by atoms with Crippen molar-refractivity contribution in [1.29, 1.82) is 0 Å². The van der Waals surface area contributed by atoms with Gasteiger partial charge in [-0.15, -0.1) is 0 Å². The Hall–Kier alpha value is -1.09. The van der Waals surface area contributed by atoms with Gasteiger partial charge >= 0.3 is 0 Å². The van der Waals surface area contributed by atoms with Gasteiger partial charge in [-0.2, -0.15) is 0 Å². The molecule has 1 saturated heterocycles. The summed E-state index contributed by atoms with van der Waals surface area (Å²) in [5, 5.41) is 9.41. The summed E-state index contributed by atoms with van der Waals surface area (Å²) in [6.45, 7) is 6.24. The Morgan fingerprint density at radius 2 is 2.38 bits per heavy atom. The van der Waals surface area contributed by atoms with Crippen molar-refractivity contribution >= 4 is 5.82 Å². The average molecular weight is 220 g/mol. The van der Waals surface area contributed by atoms with Gasteiger partial charge in [0.15, 0.2) is 0 Å². The number of aliphatic hydroxyl groups is 1. The molecule has 1 fully saturated rings. The number of rotatable bonds is 3. The molecule has 16 heavy (non-hydrogen) atoms. The standard InChI is InChI=1S/C13H20N2O/c1-3-11-6-7-15(9-11)13-5-4-12(8-14-13)10(2)16/h4-5,8,10-11,16H,3,6-7,9H2,1-2H3. The first kappa shape index (κ1) is 11.4. The molecule has 3 nitrogen and oxygen atoms in total. The average Bonchev–Trinajstić information content (AvgIpc) is 2.77. The van der Waals surface area contributed by atoms with Crippen molar-refractivity contribution in [3.05, 3.63) is 23.9 Å². The molecule has 1 aliphatic heterocycles. The predicted molar refractivity (Wildman–Crippen MR) is 65.5 cm³/mol. The highest BCUT2D eigenvalue weighted by Gasteiger charge is 2.21. The molecule has 3 heteroatoms. The second-order valence-corrected chi connectivity index (χ2v) is 4.63. The van der Waals surface area contributed by atoms with E-state index in [-0.39, 0.29) is 0 Å². The lowest BCUT2D eigenvalue weighted by Crippen LogP contribution is -2.20. The van der Waals surface area contributed by atoms with Gasteiger partial charge in [-0.05, 0) is 30.9 Å². The highest BCUT2D eigenvalue weighted by molar-refractivity contribution is 5.40. The first-order chi connectivity index (χ1) is 7.70. The van der Waals surface area contributed by atoms with E-state index in [2.05, 4.69) is 16.8 Å². The van der Waals surface area contributed by atoms with Crippen LogP contribution in [0, 0.1) is 5.92 Å². The van der Waals surface area contributed by atoms with Crippen molar-refractivity contribution in [3.63, 3.8) is 0 Å². The molecule has 2 rings (SSSR count). The second-order valence-electron chi connectivity index (χ2n) is 4.63. The van der Waals surface area contributed by atoms with Crippen LogP contribution in [0.15, 0.2) is 18.3 Å². The minimum Gasteiger partial charge on any atom is -0.389 e. The van der Waals surface area contributed by atoms with Crippen LogP contribution in [-0.2, 0) is 0 Å². The van der Waals surface area contributed by atoms with Crippen LogP contribution >= 0.6 is 0 Å². The van der Waals surface area contributed by atoms with Gasteiger partial charge in [0.05, 0.1) is 6.10 Å². The number of nitrogens with zero attached hydrogens (tertiary/aromatic N) is 2. The lowest BCUT2D eigenvalue weighted by atomic mass is 10.1. The van der Waals surface area contributed by atoms with Crippen LogP contribution in [0.25, 0.3) is 0 Å². The number of pyridine rings is 1. The van der Waals surface area contributed by atoms with E-state index in [4.69, 9.17) is 0 Å². The number of aliphatic hydroxyl groups excluding tert-OH is 1. The van der Waals surface area contributed by atoms with Gasteiger partial charge in [-0.1, -0.05) is 19.4 Å². The molecule has 2 heterocycles. The minimum atomic E-state index is -0.427. The Morgan fingerprint density at radius 3 is 2.88 bits per heavy atom. The maximum absolute atomic E-state index is 9.41. The van der Waals surface area contributed by atoms with Crippen molar-refractivity contribution in [2.24, 2.45) is 5.92 Å². The third-order valence-electron chi connectivity index (χ3n) is 3.44. The van der Waals surface area contributed by atoms with Crippen molar-refractivity contribution in [3.8, 4) is 0 Å². The van der Waals surface area contributed by atoms with E-state index in [0.717, 1.165) is 30.4 Å². The van der Waals surface area contributed by atoms with Gasteiger partial charge in [0.25, 0.3) is 0 Å². The molecule has 0 spiro atoms. The van der Waals surface area contributed by atoms with Crippen molar-refractivity contribution < 1.29 is 5.11 Å². The van der Waals surface area contributed by atoms with E-state index < -0.39 is 6.10 Å². The van der Waals surface area contributed by atoms with Crippen LogP contribution < -0.4 is 4.90 Å². The molecule has 0 amide bonds. The monoisotopic (exact) mass is 220 g/mol. The van der Waals surface area contributed by atoms with Gasteiger partial charge in [-0.25, -0.2) is 4.98 Å². The summed E-state index contributed by atoms with van der Waals surface area (Å²) >= 11 is 0. The lowest BCUT2D eigenvalue weighted by molar-refractivity contribution is 0.199. The Labute approximate surface area is 97.1 Å². The third-order valence-corrected chi connectivity index (χ3v) is 3.44. The summed E-state index contributed by atoms with van der Waals surface area (Å²) < 4.78 is 0. The Balaban J connectivity index is 2.05. The van der Waals surface area contributed by atoms with Gasteiger partial charge in [0.1, 0.15) is 5.82 Å². The highest BCUT2D eigenvalue weighted by Crippen LogP contribution is 2.24. The van der Waals surface area contributed by atoms with Crippen LogP contribution in [0.4, 0.5) is 5.82 Å². The first-order valence-electron chi connectivity index (χ1n) is 6.09. The van der Waals surface area contributed by atoms with Crippen LogP contribution in [0.1, 0.15) is 38.4 Å². The zero-order chi connectivity index (χ0) is 11.5. The molecule has 2 unspecified atom stereocenters. The van der Waals surface area contributed by atoms with Gasteiger partial charge in [-0.3, -0.25) is 0 Å². The zero-order valence-electron chi connectivity index (χ0n) is 10.1. The van der Waals surface area contributed by atoms with E-state index in [9.17, 15) is 5.11 Å². The summed E-state index contributed by atoms with van der Waals surface area (Å²) in [6, 6.07) is 3.98. The summed E-state index contributed by atoms with van der Waals surface area (Å²) in [6.07, 6.45) is 3.88. The van der Waals surface area contributed by atoms with Crippen LogP contribution in [0.3, 0.4) is 0 Å². The summed E-state index contributed by atoms with van der Waals surface area (Å²) in [4.78, 5) is 6.75. The van der Waals surface area contributed by atoms with E-state index >= 15 is 0 Å². The largest absolute Gasteiger partial charge is 0.389 e. The zero-order valence-corrected chi connectivity index (χ0v) is 10.1. The molecule has 0 radical (unpaired) electrons. The second kappa shape index (κ2) is 4.83. The van der Waals surface area contributed by atoms with Gasteiger partial charge in [0, 0.05) is 19.3 Å². The summed E-state index contributed by atoms with van der Waals surface area (Å²) in [5.41, 5.74) is 0.884. The molecule has 2 atom stereocenters. The Morgan fingerprint density at radius 1 is 1.56 bits per heavy atom. The van der Waals surface area contributed by atoms with Crippen molar-refractivity contribution in [2.75, 3.05) is 18.0 Å². The molecule has 0 aliphatic carbocycles. The minimum absolute atomic E-state index is 0.427. The summed E-state index contributed by atoms with van der Waals surface area (Å²) in [5.74, 6) is 1.86. The fourth-order valence-corrected chi connectivity index (χ4v) is 2.21. The van der Waals surface area contributed by atoms with Gasteiger partial charge in [0.2, 0.25) is 0 Å². The van der Waals surface area contributed by atoms with Crippen LogP contribution in [0.2, 0.25) is 0 Å². The third kappa shape index (κ3) is 2.35. The lowest BCUT2D eigenvalue weighted by Gasteiger charge is -2.17. The van der Waals surface area contributed by atoms with E-state index in [1.165, 1.54) is 12.8 Å². The molecule has 0 bridgehead atoms. The predicted octanol–water partition coefficient (Wildman–Crippen LogP) is 2.37. The molecule has 0 aromatic carbocycles. The molecular formula is C13H20N2O. The fourth-order valence-electron chi connectivity index (χ4n) is 2.21. The molecule has 1 aromatic rings. The fraction of sp³-hybridized carbons (Fsp3) is 0.615.